The highest BCUT2D eigenvalue weighted by Crippen LogP contribution is 2.26. The lowest BCUT2D eigenvalue weighted by Crippen LogP contribution is -2.37. The van der Waals surface area contributed by atoms with Crippen LogP contribution in [0.25, 0.3) is 0 Å². The summed E-state index contributed by atoms with van der Waals surface area (Å²) in [5.41, 5.74) is 2.17. The highest BCUT2D eigenvalue weighted by atomic mass is 16.2. The molecule has 1 aliphatic heterocycles. The monoisotopic (exact) mass is 299 g/mol. The summed E-state index contributed by atoms with van der Waals surface area (Å²) < 4.78 is 1.44. The molecule has 114 valence electrons. The Balaban J connectivity index is 1.73. The van der Waals surface area contributed by atoms with Gasteiger partial charge in [-0.15, -0.1) is 5.10 Å². The summed E-state index contributed by atoms with van der Waals surface area (Å²) in [6, 6.07) is 7.95. The highest BCUT2D eigenvalue weighted by Gasteiger charge is 2.22. The van der Waals surface area contributed by atoms with E-state index < -0.39 is 0 Å². The van der Waals surface area contributed by atoms with Crippen LogP contribution >= 0.6 is 0 Å². The van der Waals surface area contributed by atoms with Crippen molar-refractivity contribution in [2.24, 2.45) is 0 Å². The fraction of sp³-hybridized carbons (Fsp3) is 0.333. The number of anilines is 2. The van der Waals surface area contributed by atoms with Gasteiger partial charge in [-0.05, 0) is 24.5 Å². The molecule has 0 unspecified atom stereocenters. The van der Waals surface area contributed by atoms with Crippen LogP contribution in [0.4, 0.5) is 11.5 Å². The molecular formula is C15H17N5O2. The predicted molar refractivity (Wildman–Crippen MR) is 81.4 cm³/mol. The minimum absolute atomic E-state index is 0.0357. The molecule has 3 rings (SSSR count). The molecule has 0 atom stereocenters. The molecule has 0 saturated heterocycles. The number of para-hydroxylation sites is 1. The average Bonchev–Trinajstić information content (AvgIpc) is 2.92. The van der Waals surface area contributed by atoms with E-state index in [4.69, 9.17) is 0 Å². The molecule has 1 N–H and O–H groups in total. The SMILES string of the molecule is CC(=O)Nc1cn(CC(=O)N2CCCc3ccccc32)nn1. The molecule has 2 heterocycles. The van der Waals surface area contributed by atoms with Crippen molar-refractivity contribution in [3.8, 4) is 0 Å². The fourth-order valence-corrected chi connectivity index (χ4v) is 2.63. The first kappa shape index (κ1) is 14.2. The molecule has 0 bridgehead atoms. The maximum Gasteiger partial charge on any atom is 0.248 e. The second-order valence-electron chi connectivity index (χ2n) is 5.26. The Bertz CT molecular complexity index is 709. The van der Waals surface area contributed by atoms with Crippen molar-refractivity contribution in [1.82, 2.24) is 15.0 Å². The van der Waals surface area contributed by atoms with Crippen LogP contribution in [-0.2, 0) is 22.6 Å². The van der Waals surface area contributed by atoms with Crippen LogP contribution in [-0.4, -0.2) is 33.4 Å². The number of benzene rings is 1. The van der Waals surface area contributed by atoms with Crippen LogP contribution in [0.1, 0.15) is 18.9 Å². The first-order chi connectivity index (χ1) is 10.6. The minimum Gasteiger partial charge on any atom is -0.311 e. The summed E-state index contributed by atoms with van der Waals surface area (Å²) in [5.74, 6) is 0.0918. The van der Waals surface area contributed by atoms with Gasteiger partial charge in [-0.1, -0.05) is 23.4 Å². The van der Waals surface area contributed by atoms with Crippen LogP contribution in [0.3, 0.4) is 0 Å². The van der Waals surface area contributed by atoms with Gasteiger partial charge in [-0.2, -0.15) is 0 Å². The lowest BCUT2D eigenvalue weighted by atomic mass is 10.0. The third kappa shape index (κ3) is 2.98. The van der Waals surface area contributed by atoms with E-state index in [0.29, 0.717) is 12.4 Å². The molecule has 1 aliphatic rings. The van der Waals surface area contributed by atoms with Gasteiger partial charge < -0.3 is 10.2 Å². The number of carbonyl (C=O) groups excluding carboxylic acids is 2. The van der Waals surface area contributed by atoms with Crippen molar-refractivity contribution in [2.75, 3.05) is 16.8 Å². The van der Waals surface area contributed by atoms with E-state index in [9.17, 15) is 9.59 Å². The molecule has 2 amide bonds. The number of aromatic nitrogens is 3. The Morgan fingerprint density at radius 2 is 2.14 bits per heavy atom. The summed E-state index contributed by atoms with van der Waals surface area (Å²) in [5, 5.41) is 10.2. The van der Waals surface area contributed by atoms with E-state index in [0.717, 1.165) is 18.5 Å². The van der Waals surface area contributed by atoms with E-state index >= 15 is 0 Å². The normalized spacial score (nSPS) is 13.6. The van der Waals surface area contributed by atoms with E-state index in [1.807, 2.05) is 18.2 Å². The van der Waals surface area contributed by atoms with Crippen LogP contribution in [0.2, 0.25) is 0 Å². The third-order valence-electron chi connectivity index (χ3n) is 3.55. The van der Waals surface area contributed by atoms with Gasteiger partial charge in [0.2, 0.25) is 11.8 Å². The maximum atomic E-state index is 12.5. The molecular weight excluding hydrogens is 282 g/mol. The molecule has 0 spiro atoms. The van der Waals surface area contributed by atoms with E-state index in [-0.39, 0.29) is 18.4 Å². The Kier molecular flexibility index (Phi) is 3.86. The Morgan fingerprint density at radius 1 is 1.32 bits per heavy atom. The summed E-state index contributed by atoms with van der Waals surface area (Å²) in [6.45, 7) is 2.21. The van der Waals surface area contributed by atoms with Gasteiger partial charge in [-0.25, -0.2) is 4.68 Å². The van der Waals surface area contributed by atoms with Crippen LogP contribution in [0, 0.1) is 0 Å². The van der Waals surface area contributed by atoms with Gasteiger partial charge in [-0.3, -0.25) is 9.59 Å². The summed E-state index contributed by atoms with van der Waals surface area (Å²) in [6.07, 6.45) is 3.50. The van der Waals surface area contributed by atoms with Gasteiger partial charge >= 0.3 is 0 Å². The van der Waals surface area contributed by atoms with Crippen LogP contribution < -0.4 is 10.2 Å². The lowest BCUT2D eigenvalue weighted by Gasteiger charge is -2.29. The van der Waals surface area contributed by atoms with Crippen molar-refractivity contribution in [3.05, 3.63) is 36.0 Å². The summed E-state index contributed by atoms with van der Waals surface area (Å²) in [7, 11) is 0. The Hall–Kier alpha value is -2.70. The molecule has 0 radical (unpaired) electrons. The number of rotatable bonds is 3. The third-order valence-corrected chi connectivity index (χ3v) is 3.55. The maximum absolute atomic E-state index is 12.5. The number of carbonyl (C=O) groups is 2. The molecule has 1 aromatic carbocycles. The van der Waals surface area contributed by atoms with E-state index in [1.165, 1.54) is 17.2 Å². The van der Waals surface area contributed by atoms with E-state index in [1.54, 1.807) is 11.1 Å². The van der Waals surface area contributed by atoms with Gasteiger partial charge in [0, 0.05) is 19.2 Å². The Labute approximate surface area is 127 Å². The van der Waals surface area contributed by atoms with Crippen molar-refractivity contribution < 1.29 is 9.59 Å². The highest BCUT2D eigenvalue weighted by molar-refractivity contribution is 5.94. The number of fused-ring (bicyclic) bond motifs is 1. The van der Waals surface area contributed by atoms with Gasteiger partial charge in [0.25, 0.3) is 0 Å². The van der Waals surface area contributed by atoms with Crippen molar-refractivity contribution in [3.63, 3.8) is 0 Å². The zero-order valence-electron chi connectivity index (χ0n) is 12.3. The first-order valence-electron chi connectivity index (χ1n) is 7.19. The summed E-state index contributed by atoms with van der Waals surface area (Å²) in [4.78, 5) is 25.3. The largest absolute Gasteiger partial charge is 0.311 e. The lowest BCUT2D eigenvalue weighted by molar-refractivity contribution is -0.119. The standard InChI is InChI=1S/C15H17N5O2/c1-11(21)16-14-9-19(18-17-14)10-15(22)20-8-4-6-12-5-2-3-7-13(12)20/h2-3,5,7,9H,4,6,8,10H2,1H3,(H,16,21). The fourth-order valence-electron chi connectivity index (χ4n) is 2.63. The number of amides is 2. The molecule has 0 fully saturated rings. The molecule has 0 saturated carbocycles. The second-order valence-corrected chi connectivity index (χ2v) is 5.26. The van der Waals surface area contributed by atoms with Gasteiger partial charge in [0.1, 0.15) is 6.54 Å². The zero-order valence-corrected chi connectivity index (χ0v) is 12.3. The minimum atomic E-state index is -0.219. The number of hydrogen-bond donors (Lipinski definition) is 1. The summed E-state index contributed by atoms with van der Waals surface area (Å²) >= 11 is 0. The van der Waals surface area contributed by atoms with Crippen LogP contribution in [0.15, 0.2) is 30.5 Å². The van der Waals surface area contributed by atoms with Crippen molar-refractivity contribution in [2.45, 2.75) is 26.3 Å². The number of hydrogen-bond acceptors (Lipinski definition) is 4. The number of nitrogens with zero attached hydrogens (tertiary/aromatic N) is 4. The molecule has 7 nitrogen and oxygen atoms in total. The quantitative estimate of drug-likeness (QED) is 0.924. The van der Waals surface area contributed by atoms with Gasteiger partial charge in [0.05, 0.1) is 6.20 Å². The molecule has 7 heteroatoms. The van der Waals surface area contributed by atoms with Crippen LogP contribution in [0.5, 0.6) is 0 Å². The molecule has 0 aliphatic carbocycles. The molecule has 1 aromatic heterocycles. The van der Waals surface area contributed by atoms with Crippen molar-refractivity contribution >= 4 is 23.3 Å². The Morgan fingerprint density at radius 3 is 2.95 bits per heavy atom. The topological polar surface area (TPSA) is 80.1 Å². The number of aryl methyl sites for hydroxylation is 1. The first-order valence-corrected chi connectivity index (χ1v) is 7.19. The van der Waals surface area contributed by atoms with E-state index in [2.05, 4.69) is 21.7 Å². The smallest absolute Gasteiger partial charge is 0.248 e. The number of nitrogens with one attached hydrogen (secondary N) is 1. The van der Waals surface area contributed by atoms with Gasteiger partial charge in [0.15, 0.2) is 5.82 Å². The predicted octanol–water partition coefficient (Wildman–Crippen LogP) is 1.22. The molecule has 22 heavy (non-hydrogen) atoms. The zero-order chi connectivity index (χ0) is 15.5. The van der Waals surface area contributed by atoms with Crippen molar-refractivity contribution in [1.29, 1.82) is 0 Å². The molecule has 2 aromatic rings. The second kappa shape index (κ2) is 5.97. The average molecular weight is 299 g/mol.